The second-order valence-corrected chi connectivity index (χ2v) is 6.76. The summed E-state index contributed by atoms with van der Waals surface area (Å²) in [5.74, 6) is -0.728. The lowest BCUT2D eigenvalue weighted by Crippen LogP contribution is -2.35. The van der Waals surface area contributed by atoms with Crippen LogP contribution in [0.15, 0.2) is 23.1 Å². The Bertz CT molecular complexity index is 1010. The Hall–Kier alpha value is -3.48. The van der Waals surface area contributed by atoms with E-state index in [1.807, 2.05) is 0 Å². The van der Waals surface area contributed by atoms with Gasteiger partial charge < -0.3 is 14.2 Å². The average Bonchev–Trinajstić information content (AvgIpc) is 2.65. The lowest BCUT2D eigenvalue weighted by atomic mass is 10.2. The lowest BCUT2D eigenvalue weighted by molar-refractivity contribution is 0.0596. The number of urea groups is 1. The topological polar surface area (TPSA) is 159 Å². The molecule has 2 N–H and O–H groups in total. The van der Waals surface area contributed by atoms with E-state index in [9.17, 15) is 18.0 Å². The molecule has 150 valence electrons. The van der Waals surface area contributed by atoms with Crippen molar-refractivity contribution in [1.82, 2.24) is 19.7 Å². The maximum Gasteiger partial charge on any atom is 0.339 e. The summed E-state index contributed by atoms with van der Waals surface area (Å²) in [6, 6.07) is 2.44. The van der Waals surface area contributed by atoms with E-state index in [0.29, 0.717) is 0 Å². The summed E-state index contributed by atoms with van der Waals surface area (Å²) in [5.41, 5.74) is -0.277. The smallest absolute Gasteiger partial charge is 0.339 e. The number of aryl methyl sites for hydroxylation is 1. The Morgan fingerprint density at radius 1 is 1.04 bits per heavy atom. The van der Waals surface area contributed by atoms with Gasteiger partial charge in [-0.1, -0.05) is 0 Å². The van der Waals surface area contributed by atoms with E-state index in [-0.39, 0.29) is 29.1 Å². The van der Waals surface area contributed by atoms with Crippen LogP contribution in [-0.4, -0.2) is 56.7 Å². The molecule has 0 atom stereocenters. The zero-order chi connectivity index (χ0) is 20.9. The number of anilines is 1. The first-order valence-corrected chi connectivity index (χ1v) is 9.05. The molecule has 12 nitrogen and oxygen atoms in total. The number of nitrogens with zero attached hydrogens (tertiary/aromatic N) is 3. The second kappa shape index (κ2) is 8.47. The number of carbonyl (C=O) groups excluding carboxylic acids is 2. The summed E-state index contributed by atoms with van der Waals surface area (Å²) < 4.78 is 41.4. The summed E-state index contributed by atoms with van der Waals surface area (Å²) >= 11 is 0. The number of benzene rings is 1. The first-order chi connectivity index (χ1) is 13.2. The molecule has 28 heavy (non-hydrogen) atoms. The third-order valence-corrected chi connectivity index (χ3v) is 4.62. The molecular weight excluding hydrogens is 394 g/mol. The van der Waals surface area contributed by atoms with Gasteiger partial charge in [-0.25, -0.2) is 22.7 Å². The van der Waals surface area contributed by atoms with Gasteiger partial charge in [0.15, 0.2) is 0 Å². The van der Waals surface area contributed by atoms with Crippen LogP contribution in [0.25, 0.3) is 0 Å². The molecule has 0 bridgehead atoms. The summed E-state index contributed by atoms with van der Waals surface area (Å²) in [6.45, 7) is 1.53. The second-order valence-electron chi connectivity index (χ2n) is 5.11. The van der Waals surface area contributed by atoms with Crippen LogP contribution in [0, 0.1) is 6.92 Å². The summed E-state index contributed by atoms with van der Waals surface area (Å²) in [5, 5.41) is 2.16. The predicted octanol–water partition coefficient (Wildman–Crippen LogP) is 0.494. The number of hydrogen-bond acceptors (Lipinski definition) is 10. The van der Waals surface area contributed by atoms with Crippen LogP contribution in [0.1, 0.15) is 16.2 Å². The van der Waals surface area contributed by atoms with Crippen LogP contribution < -0.4 is 19.5 Å². The van der Waals surface area contributed by atoms with Gasteiger partial charge in [-0.2, -0.15) is 15.0 Å². The fraction of sp³-hybridized carbons (Fsp3) is 0.267. The number of esters is 1. The number of methoxy groups -OCH3 is 3. The fourth-order valence-corrected chi connectivity index (χ4v) is 3.16. The van der Waals surface area contributed by atoms with Crippen molar-refractivity contribution in [2.24, 2.45) is 0 Å². The molecule has 0 saturated carbocycles. The summed E-state index contributed by atoms with van der Waals surface area (Å²) in [6.07, 6.45) is 0. The molecule has 1 aromatic heterocycles. The molecule has 1 heterocycles. The van der Waals surface area contributed by atoms with Crippen molar-refractivity contribution in [3.8, 4) is 11.8 Å². The SMILES string of the molecule is COC(=O)c1ccc(OC)cc1S(=O)(=O)NC(=O)Nc1nc(C)nc(OC)n1. The first-order valence-electron chi connectivity index (χ1n) is 7.57. The number of carbonyl (C=O) groups is 2. The minimum absolute atomic E-state index is 0.0635. The molecular formula is C15H17N5O7S. The van der Waals surface area contributed by atoms with Crippen molar-refractivity contribution in [3.05, 3.63) is 29.6 Å². The van der Waals surface area contributed by atoms with Gasteiger partial charge in [-0.05, 0) is 19.1 Å². The minimum Gasteiger partial charge on any atom is -0.497 e. The monoisotopic (exact) mass is 411 g/mol. The zero-order valence-corrected chi connectivity index (χ0v) is 16.2. The third-order valence-electron chi connectivity index (χ3n) is 3.25. The number of sulfonamides is 1. The van der Waals surface area contributed by atoms with E-state index in [0.717, 1.165) is 13.2 Å². The number of ether oxygens (including phenoxy) is 3. The Morgan fingerprint density at radius 3 is 2.36 bits per heavy atom. The highest BCUT2D eigenvalue weighted by molar-refractivity contribution is 7.90. The molecule has 13 heteroatoms. The number of rotatable bonds is 6. The Morgan fingerprint density at radius 2 is 1.75 bits per heavy atom. The maximum absolute atomic E-state index is 12.6. The van der Waals surface area contributed by atoms with Crippen molar-refractivity contribution in [2.45, 2.75) is 11.8 Å². The van der Waals surface area contributed by atoms with E-state index in [1.165, 1.54) is 33.3 Å². The number of nitrogens with one attached hydrogen (secondary N) is 2. The first kappa shape index (κ1) is 20.8. The van der Waals surface area contributed by atoms with Crippen LogP contribution in [-0.2, 0) is 14.8 Å². The van der Waals surface area contributed by atoms with E-state index in [2.05, 4.69) is 25.0 Å². The van der Waals surface area contributed by atoms with E-state index < -0.39 is 26.9 Å². The quantitative estimate of drug-likeness (QED) is 0.641. The molecule has 0 radical (unpaired) electrons. The van der Waals surface area contributed by atoms with Gasteiger partial charge >= 0.3 is 18.0 Å². The number of hydrogen-bond donors (Lipinski definition) is 2. The summed E-state index contributed by atoms with van der Waals surface area (Å²) in [4.78, 5) is 35.0. The van der Waals surface area contributed by atoms with E-state index in [4.69, 9.17) is 9.47 Å². The molecule has 1 aromatic carbocycles. The highest BCUT2D eigenvalue weighted by atomic mass is 32.2. The molecule has 0 unspecified atom stereocenters. The Balaban J connectivity index is 2.31. The molecule has 0 aliphatic carbocycles. The molecule has 2 aromatic rings. The van der Waals surface area contributed by atoms with Crippen molar-refractivity contribution in [3.63, 3.8) is 0 Å². The van der Waals surface area contributed by atoms with Crippen LogP contribution in [0.4, 0.5) is 10.7 Å². The molecule has 2 amide bonds. The average molecular weight is 411 g/mol. The van der Waals surface area contributed by atoms with Crippen molar-refractivity contribution < 1.29 is 32.2 Å². The number of amides is 2. The Kier molecular flexibility index (Phi) is 6.30. The third kappa shape index (κ3) is 4.82. The highest BCUT2D eigenvalue weighted by Gasteiger charge is 2.26. The highest BCUT2D eigenvalue weighted by Crippen LogP contribution is 2.23. The largest absolute Gasteiger partial charge is 0.497 e. The van der Waals surface area contributed by atoms with Crippen molar-refractivity contribution in [1.29, 1.82) is 0 Å². The van der Waals surface area contributed by atoms with Gasteiger partial charge in [0.1, 0.15) is 16.5 Å². The standard InChI is InChI=1S/C15H17N5O7S/c1-8-16-13(19-15(17-8)27-4)18-14(22)20-28(23,24)11-7-9(25-2)5-6-10(11)12(21)26-3/h5-7H,1-4H3,(H2,16,17,18,19,20,22). The van der Waals surface area contributed by atoms with Gasteiger partial charge in [0.2, 0.25) is 5.95 Å². The van der Waals surface area contributed by atoms with Crippen LogP contribution in [0.5, 0.6) is 11.8 Å². The Labute approximate surface area is 160 Å². The van der Waals surface area contributed by atoms with Crippen LogP contribution in [0.2, 0.25) is 0 Å². The van der Waals surface area contributed by atoms with Crippen LogP contribution >= 0.6 is 0 Å². The lowest BCUT2D eigenvalue weighted by Gasteiger charge is -2.12. The van der Waals surface area contributed by atoms with Gasteiger partial charge in [0, 0.05) is 6.07 Å². The van der Waals surface area contributed by atoms with E-state index >= 15 is 0 Å². The van der Waals surface area contributed by atoms with Crippen molar-refractivity contribution in [2.75, 3.05) is 26.6 Å². The van der Waals surface area contributed by atoms with Crippen LogP contribution in [0.3, 0.4) is 0 Å². The minimum atomic E-state index is -4.47. The molecule has 0 aliphatic rings. The van der Waals surface area contributed by atoms with Gasteiger partial charge in [-0.3, -0.25) is 5.32 Å². The molecule has 0 aliphatic heterocycles. The molecule has 0 fully saturated rings. The van der Waals surface area contributed by atoms with Crippen molar-refractivity contribution >= 4 is 28.0 Å². The predicted molar refractivity (Wildman–Crippen MR) is 94.8 cm³/mol. The fourth-order valence-electron chi connectivity index (χ4n) is 2.04. The molecule has 2 rings (SSSR count). The van der Waals surface area contributed by atoms with Gasteiger partial charge in [-0.15, -0.1) is 0 Å². The molecule has 0 saturated heterocycles. The van der Waals surface area contributed by atoms with E-state index in [1.54, 1.807) is 4.72 Å². The normalized spacial score (nSPS) is 10.7. The molecule has 0 spiro atoms. The number of aromatic nitrogens is 3. The zero-order valence-electron chi connectivity index (χ0n) is 15.3. The summed E-state index contributed by atoms with van der Waals surface area (Å²) in [7, 11) is -0.733. The van der Waals surface area contributed by atoms with Gasteiger partial charge in [0.05, 0.1) is 26.9 Å². The maximum atomic E-state index is 12.6. The van der Waals surface area contributed by atoms with Gasteiger partial charge in [0.25, 0.3) is 10.0 Å².